The molecule has 150 valence electrons. The van der Waals surface area contributed by atoms with Crippen LogP contribution >= 0.6 is 0 Å². The molecule has 0 N–H and O–H groups in total. The zero-order valence-electron chi connectivity index (χ0n) is 17.2. The molecule has 1 aromatic carbocycles. The zero-order valence-corrected chi connectivity index (χ0v) is 17.2. The van der Waals surface area contributed by atoms with Crippen molar-refractivity contribution in [1.82, 2.24) is 14.9 Å². The van der Waals surface area contributed by atoms with E-state index in [2.05, 4.69) is 21.8 Å². The maximum atomic E-state index is 12.6. The Hall–Kier alpha value is -2.83. The summed E-state index contributed by atoms with van der Waals surface area (Å²) in [4.78, 5) is 25.4. The van der Waals surface area contributed by atoms with Crippen molar-refractivity contribution in [2.45, 2.75) is 33.7 Å². The third kappa shape index (κ3) is 4.52. The van der Waals surface area contributed by atoms with Crippen molar-refractivity contribution in [2.24, 2.45) is 5.41 Å². The highest BCUT2D eigenvalue weighted by Gasteiger charge is 2.34. The minimum atomic E-state index is -0.370. The summed E-state index contributed by atoms with van der Waals surface area (Å²) in [5.74, 6) is 2.92. The summed E-state index contributed by atoms with van der Waals surface area (Å²) in [7, 11) is 1.63. The first-order chi connectivity index (χ1) is 13.3. The number of anilines is 1. The molecule has 0 radical (unpaired) electrons. The third-order valence-corrected chi connectivity index (χ3v) is 4.76. The van der Waals surface area contributed by atoms with Gasteiger partial charge in [-0.25, -0.2) is 9.97 Å². The summed E-state index contributed by atoms with van der Waals surface area (Å²) >= 11 is 0. The highest BCUT2D eigenvalue weighted by atomic mass is 16.5. The van der Waals surface area contributed by atoms with Crippen LogP contribution in [0.4, 0.5) is 5.82 Å². The first-order valence-corrected chi connectivity index (χ1v) is 9.48. The van der Waals surface area contributed by atoms with Gasteiger partial charge in [-0.05, 0) is 31.2 Å². The van der Waals surface area contributed by atoms with E-state index >= 15 is 0 Å². The quantitative estimate of drug-likeness (QED) is 0.805. The number of carbonyl (C=O) groups excluding carboxylic acids is 1. The standard InChI is InChI=1S/C21H28N4O3/c1-15-13-24(10-11-25(15)20(26)21(2,3)4)18-12-19(23-14-22-18)28-17-8-6-16(27-5)7-9-17/h6-9,12,14-15H,10-11,13H2,1-5H3. The molecule has 1 fully saturated rings. The second-order valence-corrected chi connectivity index (χ2v) is 8.04. The summed E-state index contributed by atoms with van der Waals surface area (Å²) in [6, 6.07) is 9.29. The Morgan fingerprint density at radius 1 is 1.11 bits per heavy atom. The summed E-state index contributed by atoms with van der Waals surface area (Å²) in [6.07, 6.45) is 1.51. The molecule has 1 aromatic heterocycles. The lowest BCUT2D eigenvalue weighted by Crippen LogP contribution is -2.56. The highest BCUT2D eigenvalue weighted by Crippen LogP contribution is 2.27. The van der Waals surface area contributed by atoms with Crippen LogP contribution in [0.1, 0.15) is 27.7 Å². The number of ether oxygens (including phenoxy) is 2. The average Bonchev–Trinajstić information content (AvgIpc) is 2.67. The number of benzene rings is 1. The lowest BCUT2D eigenvalue weighted by molar-refractivity contribution is -0.142. The normalized spacial score (nSPS) is 17.4. The molecule has 2 heterocycles. The second kappa shape index (κ2) is 8.04. The number of amides is 1. The Bertz CT molecular complexity index is 817. The van der Waals surface area contributed by atoms with Gasteiger partial charge in [0, 0.05) is 37.2 Å². The molecule has 1 aliphatic heterocycles. The van der Waals surface area contributed by atoms with Gasteiger partial charge in [-0.1, -0.05) is 20.8 Å². The molecular weight excluding hydrogens is 356 g/mol. The molecule has 0 spiro atoms. The number of hydrogen-bond donors (Lipinski definition) is 0. The molecule has 2 aromatic rings. The van der Waals surface area contributed by atoms with Crippen molar-refractivity contribution in [1.29, 1.82) is 0 Å². The lowest BCUT2D eigenvalue weighted by Gasteiger charge is -2.42. The van der Waals surface area contributed by atoms with Crippen molar-refractivity contribution in [3.63, 3.8) is 0 Å². The van der Waals surface area contributed by atoms with Gasteiger partial charge < -0.3 is 19.3 Å². The number of rotatable bonds is 4. The van der Waals surface area contributed by atoms with E-state index in [1.165, 1.54) is 6.33 Å². The molecule has 0 bridgehead atoms. The van der Waals surface area contributed by atoms with E-state index in [0.717, 1.165) is 24.7 Å². The van der Waals surface area contributed by atoms with Gasteiger partial charge in [0.1, 0.15) is 23.6 Å². The topological polar surface area (TPSA) is 67.8 Å². The van der Waals surface area contributed by atoms with E-state index < -0.39 is 0 Å². The highest BCUT2D eigenvalue weighted by molar-refractivity contribution is 5.82. The molecule has 1 saturated heterocycles. The van der Waals surface area contributed by atoms with Crippen LogP contribution in [0.15, 0.2) is 36.7 Å². The van der Waals surface area contributed by atoms with E-state index in [-0.39, 0.29) is 17.4 Å². The van der Waals surface area contributed by atoms with Gasteiger partial charge in [-0.3, -0.25) is 4.79 Å². The third-order valence-electron chi connectivity index (χ3n) is 4.76. The largest absolute Gasteiger partial charge is 0.497 e. The van der Waals surface area contributed by atoms with Gasteiger partial charge in [0.15, 0.2) is 0 Å². The Morgan fingerprint density at radius 3 is 2.39 bits per heavy atom. The van der Waals surface area contributed by atoms with E-state index in [1.54, 1.807) is 7.11 Å². The smallest absolute Gasteiger partial charge is 0.228 e. The average molecular weight is 384 g/mol. The van der Waals surface area contributed by atoms with Crippen LogP contribution in [0.25, 0.3) is 0 Å². The van der Waals surface area contributed by atoms with Crippen LogP contribution in [0.5, 0.6) is 17.4 Å². The molecule has 0 saturated carbocycles. The van der Waals surface area contributed by atoms with Gasteiger partial charge in [0.05, 0.1) is 7.11 Å². The maximum Gasteiger partial charge on any atom is 0.228 e. The molecule has 3 rings (SSSR count). The molecular formula is C21H28N4O3. The fourth-order valence-corrected chi connectivity index (χ4v) is 3.22. The van der Waals surface area contributed by atoms with Crippen molar-refractivity contribution >= 4 is 11.7 Å². The van der Waals surface area contributed by atoms with E-state index in [0.29, 0.717) is 18.2 Å². The van der Waals surface area contributed by atoms with E-state index in [1.807, 2.05) is 56.0 Å². The number of hydrogen-bond acceptors (Lipinski definition) is 6. The van der Waals surface area contributed by atoms with E-state index in [4.69, 9.17) is 9.47 Å². The fourth-order valence-electron chi connectivity index (χ4n) is 3.22. The van der Waals surface area contributed by atoms with Crippen molar-refractivity contribution < 1.29 is 14.3 Å². The number of aromatic nitrogens is 2. The lowest BCUT2D eigenvalue weighted by atomic mass is 9.93. The van der Waals surface area contributed by atoms with Crippen molar-refractivity contribution in [3.05, 3.63) is 36.7 Å². The van der Waals surface area contributed by atoms with Gasteiger partial charge >= 0.3 is 0 Å². The molecule has 7 nitrogen and oxygen atoms in total. The Kier molecular flexibility index (Phi) is 5.72. The first kappa shape index (κ1) is 19.9. The Morgan fingerprint density at radius 2 is 1.79 bits per heavy atom. The summed E-state index contributed by atoms with van der Waals surface area (Å²) in [5, 5.41) is 0. The van der Waals surface area contributed by atoms with Gasteiger partial charge in [-0.15, -0.1) is 0 Å². The first-order valence-electron chi connectivity index (χ1n) is 9.48. The molecule has 7 heteroatoms. The number of carbonyl (C=O) groups is 1. The molecule has 28 heavy (non-hydrogen) atoms. The summed E-state index contributed by atoms with van der Waals surface area (Å²) in [6.45, 7) is 10.1. The van der Waals surface area contributed by atoms with Gasteiger partial charge in [0.2, 0.25) is 11.8 Å². The molecule has 1 amide bonds. The molecule has 0 aliphatic carbocycles. The van der Waals surface area contributed by atoms with Crippen molar-refractivity contribution in [3.8, 4) is 17.4 Å². The summed E-state index contributed by atoms with van der Waals surface area (Å²) < 4.78 is 11.0. The Balaban J connectivity index is 1.68. The van der Waals surface area contributed by atoms with Gasteiger partial charge in [-0.2, -0.15) is 0 Å². The monoisotopic (exact) mass is 384 g/mol. The van der Waals surface area contributed by atoms with Crippen LogP contribution in [0, 0.1) is 5.41 Å². The fraction of sp³-hybridized carbons (Fsp3) is 0.476. The molecule has 1 unspecified atom stereocenters. The maximum absolute atomic E-state index is 12.6. The number of nitrogens with zero attached hydrogens (tertiary/aromatic N) is 4. The van der Waals surface area contributed by atoms with E-state index in [9.17, 15) is 4.79 Å². The number of piperazine rings is 1. The summed E-state index contributed by atoms with van der Waals surface area (Å²) in [5.41, 5.74) is -0.370. The zero-order chi connectivity index (χ0) is 20.3. The van der Waals surface area contributed by atoms with Crippen LogP contribution < -0.4 is 14.4 Å². The van der Waals surface area contributed by atoms with Crippen LogP contribution in [-0.2, 0) is 4.79 Å². The molecule has 1 atom stereocenters. The van der Waals surface area contributed by atoms with Crippen LogP contribution in [0.3, 0.4) is 0 Å². The Labute approximate surface area is 166 Å². The predicted molar refractivity (Wildman–Crippen MR) is 108 cm³/mol. The van der Waals surface area contributed by atoms with Crippen molar-refractivity contribution in [2.75, 3.05) is 31.6 Å². The minimum Gasteiger partial charge on any atom is -0.497 e. The van der Waals surface area contributed by atoms with Crippen LogP contribution in [0.2, 0.25) is 0 Å². The van der Waals surface area contributed by atoms with Gasteiger partial charge in [0.25, 0.3) is 0 Å². The van der Waals surface area contributed by atoms with Crippen LogP contribution in [-0.4, -0.2) is 53.6 Å². The minimum absolute atomic E-state index is 0.112. The number of methoxy groups -OCH3 is 1. The predicted octanol–water partition coefficient (Wildman–Crippen LogP) is 3.36. The second-order valence-electron chi connectivity index (χ2n) is 8.04. The SMILES string of the molecule is COc1ccc(Oc2cc(N3CCN(C(=O)C(C)(C)C)C(C)C3)ncn2)cc1. The molecule has 1 aliphatic rings.